The molecular formula is C10H9N3OS. The summed E-state index contributed by atoms with van der Waals surface area (Å²) in [6, 6.07) is 1.72. The summed E-state index contributed by atoms with van der Waals surface area (Å²) in [5.74, 6) is 0.151. The molecule has 0 aliphatic heterocycles. The van der Waals surface area contributed by atoms with Crippen LogP contribution in [0.1, 0.15) is 34.3 Å². The maximum atomic E-state index is 10.9. The van der Waals surface area contributed by atoms with Gasteiger partial charge in [0.15, 0.2) is 0 Å². The Kier molecular flexibility index (Phi) is 1.76. The van der Waals surface area contributed by atoms with Crippen molar-refractivity contribution < 1.29 is 4.79 Å². The number of pyridine rings is 1. The molecule has 1 fully saturated rings. The van der Waals surface area contributed by atoms with Crippen LogP contribution in [0, 0.1) is 0 Å². The minimum absolute atomic E-state index is 0.313. The highest BCUT2D eigenvalue weighted by Crippen LogP contribution is 2.43. The molecule has 0 radical (unpaired) electrons. The number of carbonyl (C=O) groups excluding carboxylic acids is 1. The second-order valence-electron chi connectivity index (χ2n) is 3.73. The Morgan fingerprint density at radius 3 is 3.00 bits per heavy atom. The molecule has 5 heteroatoms. The number of fused-ring (bicyclic) bond motifs is 1. The van der Waals surface area contributed by atoms with Gasteiger partial charge in [-0.05, 0) is 18.9 Å². The first-order chi connectivity index (χ1) is 7.24. The van der Waals surface area contributed by atoms with Gasteiger partial charge in [0.25, 0.3) is 5.91 Å². The Morgan fingerprint density at radius 1 is 1.53 bits per heavy atom. The summed E-state index contributed by atoms with van der Waals surface area (Å²) >= 11 is 1.64. The van der Waals surface area contributed by atoms with E-state index in [4.69, 9.17) is 5.73 Å². The number of thiazole rings is 1. The van der Waals surface area contributed by atoms with Gasteiger partial charge < -0.3 is 5.73 Å². The number of rotatable bonds is 2. The van der Waals surface area contributed by atoms with Crippen LogP contribution in [-0.4, -0.2) is 15.9 Å². The average Bonchev–Trinajstić information content (AvgIpc) is 2.97. The third kappa shape index (κ3) is 1.48. The van der Waals surface area contributed by atoms with Gasteiger partial charge in [-0.2, -0.15) is 0 Å². The minimum Gasteiger partial charge on any atom is -0.364 e. The predicted molar refractivity (Wildman–Crippen MR) is 57.9 cm³/mol. The Bertz CT molecular complexity index is 545. The third-order valence-electron chi connectivity index (χ3n) is 2.47. The van der Waals surface area contributed by atoms with E-state index < -0.39 is 5.91 Å². The van der Waals surface area contributed by atoms with E-state index in [-0.39, 0.29) is 0 Å². The fraction of sp³-hybridized carbons (Fsp3) is 0.300. The predicted octanol–water partition coefficient (Wildman–Crippen LogP) is 1.67. The zero-order valence-electron chi connectivity index (χ0n) is 7.93. The topological polar surface area (TPSA) is 68.9 Å². The first-order valence-corrected chi connectivity index (χ1v) is 5.62. The number of aromatic nitrogens is 2. The van der Waals surface area contributed by atoms with E-state index in [1.54, 1.807) is 23.6 Å². The highest BCUT2D eigenvalue weighted by Gasteiger charge is 2.27. The summed E-state index contributed by atoms with van der Waals surface area (Å²) in [5.41, 5.74) is 6.35. The summed E-state index contributed by atoms with van der Waals surface area (Å²) in [4.78, 5) is 19.4. The van der Waals surface area contributed by atoms with Crippen LogP contribution in [-0.2, 0) is 0 Å². The van der Waals surface area contributed by atoms with Crippen LogP contribution < -0.4 is 5.73 Å². The molecule has 4 nitrogen and oxygen atoms in total. The Morgan fingerprint density at radius 2 is 2.33 bits per heavy atom. The van der Waals surface area contributed by atoms with E-state index in [9.17, 15) is 4.79 Å². The van der Waals surface area contributed by atoms with Crippen LogP contribution in [0.2, 0.25) is 0 Å². The fourth-order valence-corrected chi connectivity index (χ4v) is 2.63. The molecule has 76 valence electrons. The van der Waals surface area contributed by atoms with E-state index in [1.807, 2.05) is 0 Å². The molecule has 3 rings (SSSR count). The lowest BCUT2D eigenvalue weighted by Gasteiger charge is -1.91. The molecule has 2 N–H and O–H groups in total. The summed E-state index contributed by atoms with van der Waals surface area (Å²) in [7, 11) is 0. The SMILES string of the molecule is NC(=O)c1cc2sc(C3CC3)nc2cn1. The molecule has 0 aromatic carbocycles. The lowest BCUT2D eigenvalue weighted by molar-refractivity contribution is 0.0996. The molecule has 0 saturated heterocycles. The van der Waals surface area contributed by atoms with Crippen molar-refractivity contribution in [3.8, 4) is 0 Å². The lowest BCUT2D eigenvalue weighted by Crippen LogP contribution is -2.12. The molecule has 1 aliphatic carbocycles. The number of hydrogen-bond acceptors (Lipinski definition) is 4. The van der Waals surface area contributed by atoms with Gasteiger partial charge in [-0.3, -0.25) is 4.79 Å². The summed E-state index contributed by atoms with van der Waals surface area (Å²) in [5, 5.41) is 1.16. The van der Waals surface area contributed by atoms with Crippen LogP contribution in [0.4, 0.5) is 0 Å². The highest BCUT2D eigenvalue weighted by atomic mass is 32.1. The smallest absolute Gasteiger partial charge is 0.267 e. The standard InChI is InChI=1S/C10H9N3OS/c11-9(14)6-3-8-7(4-12-6)13-10(15-8)5-1-2-5/h3-5H,1-2H2,(H2,11,14). The van der Waals surface area contributed by atoms with Gasteiger partial charge in [-0.1, -0.05) is 0 Å². The van der Waals surface area contributed by atoms with E-state index in [1.165, 1.54) is 12.8 Å². The van der Waals surface area contributed by atoms with Crippen molar-refractivity contribution in [1.82, 2.24) is 9.97 Å². The number of primary amides is 1. The quantitative estimate of drug-likeness (QED) is 0.835. The molecule has 0 bridgehead atoms. The van der Waals surface area contributed by atoms with E-state index in [2.05, 4.69) is 9.97 Å². The molecule has 1 aliphatic rings. The van der Waals surface area contributed by atoms with Crippen LogP contribution in [0.3, 0.4) is 0 Å². The molecular weight excluding hydrogens is 210 g/mol. The number of hydrogen-bond donors (Lipinski definition) is 1. The second kappa shape index (κ2) is 3.00. The number of amides is 1. The van der Waals surface area contributed by atoms with Crippen molar-refractivity contribution in [1.29, 1.82) is 0 Å². The van der Waals surface area contributed by atoms with Gasteiger partial charge >= 0.3 is 0 Å². The zero-order valence-corrected chi connectivity index (χ0v) is 8.75. The van der Waals surface area contributed by atoms with Crippen molar-refractivity contribution in [2.75, 3.05) is 0 Å². The van der Waals surface area contributed by atoms with Crippen molar-refractivity contribution in [2.45, 2.75) is 18.8 Å². The molecule has 2 heterocycles. The second-order valence-corrected chi connectivity index (χ2v) is 4.79. The van der Waals surface area contributed by atoms with E-state index >= 15 is 0 Å². The molecule has 2 aromatic heterocycles. The van der Waals surface area contributed by atoms with Crippen molar-refractivity contribution in [3.63, 3.8) is 0 Å². The average molecular weight is 219 g/mol. The third-order valence-corrected chi connectivity index (χ3v) is 3.65. The van der Waals surface area contributed by atoms with Crippen LogP contribution >= 0.6 is 11.3 Å². The van der Waals surface area contributed by atoms with Crippen LogP contribution in [0.5, 0.6) is 0 Å². The molecule has 2 aromatic rings. The van der Waals surface area contributed by atoms with Gasteiger partial charge in [0, 0.05) is 5.92 Å². The number of carbonyl (C=O) groups is 1. The first kappa shape index (κ1) is 8.79. The van der Waals surface area contributed by atoms with Crippen molar-refractivity contribution in [2.24, 2.45) is 5.73 Å². The normalized spacial score (nSPS) is 15.7. The van der Waals surface area contributed by atoms with Gasteiger partial charge in [0.1, 0.15) is 5.69 Å². The highest BCUT2D eigenvalue weighted by molar-refractivity contribution is 7.18. The molecule has 1 saturated carbocycles. The molecule has 0 spiro atoms. The Labute approximate surface area is 90.1 Å². The van der Waals surface area contributed by atoms with Gasteiger partial charge in [0.05, 0.1) is 21.4 Å². The maximum absolute atomic E-state index is 10.9. The summed E-state index contributed by atoms with van der Waals surface area (Å²) in [6.07, 6.45) is 4.09. The number of nitrogens with zero attached hydrogens (tertiary/aromatic N) is 2. The maximum Gasteiger partial charge on any atom is 0.267 e. The lowest BCUT2D eigenvalue weighted by atomic mass is 10.3. The molecule has 0 atom stereocenters. The monoisotopic (exact) mass is 219 g/mol. The summed E-state index contributed by atoms with van der Waals surface area (Å²) < 4.78 is 1.00. The largest absolute Gasteiger partial charge is 0.364 e. The Balaban J connectivity index is 2.13. The van der Waals surface area contributed by atoms with Crippen molar-refractivity contribution >= 4 is 27.5 Å². The van der Waals surface area contributed by atoms with Crippen LogP contribution in [0.15, 0.2) is 12.3 Å². The van der Waals surface area contributed by atoms with E-state index in [0.29, 0.717) is 11.6 Å². The molecule has 15 heavy (non-hydrogen) atoms. The fourth-order valence-electron chi connectivity index (χ4n) is 1.49. The Hall–Kier alpha value is -1.49. The molecule has 1 amide bonds. The van der Waals surface area contributed by atoms with Gasteiger partial charge in [0.2, 0.25) is 0 Å². The summed E-state index contributed by atoms with van der Waals surface area (Å²) in [6.45, 7) is 0. The van der Waals surface area contributed by atoms with Crippen molar-refractivity contribution in [3.05, 3.63) is 23.0 Å². The van der Waals surface area contributed by atoms with Crippen LogP contribution in [0.25, 0.3) is 10.2 Å². The minimum atomic E-state index is -0.488. The van der Waals surface area contributed by atoms with E-state index in [0.717, 1.165) is 15.2 Å². The number of nitrogens with two attached hydrogens (primary N) is 1. The van der Waals surface area contributed by atoms with Gasteiger partial charge in [-0.25, -0.2) is 9.97 Å². The van der Waals surface area contributed by atoms with Gasteiger partial charge in [-0.15, -0.1) is 11.3 Å². The molecule has 0 unspecified atom stereocenters. The zero-order chi connectivity index (χ0) is 10.4. The first-order valence-electron chi connectivity index (χ1n) is 4.80.